The van der Waals surface area contributed by atoms with Crippen LogP contribution in [0.5, 0.6) is 0 Å². The SMILES string of the molecule is CC(O)CCN1CCC(=O)N(C)CC1C. The summed E-state index contributed by atoms with van der Waals surface area (Å²) >= 11 is 0. The van der Waals surface area contributed by atoms with E-state index in [1.54, 1.807) is 11.8 Å². The summed E-state index contributed by atoms with van der Waals surface area (Å²) in [7, 11) is 1.86. The van der Waals surface area contributed by atoms with Crippen molar-refractivity contribution in [3.63, 3.8) is 0 Å². The third-order valence-corrected chi connectivity index (χ3v) is 3.03. The van der Waals surface area contributed by atoms with Crippen LogP contribution in [-0.2, 0) is 4.79 Å². The molecule has 15 heavy (non-hydrogen) atoms. The highest BCUT2D eigenvalue weighted by Crippen LogP contribution is 2.10. The van der Waals surface area contributed by atoms with Gasteiger partial charge in [0.15, 0.2) is 0 Å². The zero-order valence-corrected chi connectivity index (χ0v) is 9.94. The summed E-state index contributed by atoms with van der Waals surface area (Å²) in [6, 6.07) is 0.389. The molecular weight excluding hydrogens is 192 g/mol. The number of nitrogens with zero attached hydrogens (tertiary/aromatic N) is 2. The minimum absolute atomic E-state index is 0.224. The molecule has 4 heteroatoms. The molecule has 0 spiro atoms. The predicted molar refractivity (Wildman–Crippen MR) is 59.6 cm³/mol. The van der Waals surface area contributed by atoms with Gasteiger partial charge in [0.05, 0.1) is 6.10 Å². The van der Waals surface area contributed by atoms with Crippen molar-refractivity contribution in [3.8, 4) is 0 Å². The molecule has 1 aliphatic rings. The Morgan fingerprint density at radius 1 is 1.60 bits per heavy atom. The molecule has 1 heterocycles. The number of rotatable bonds is 3. The molecule has 1 N–H and O–H groups in total. The number of carbonyl (C=O) groups excluding carboxylic acids is 1. The van der Waals surface area contributed by atoms with Gasteiger partial charge in [-0.15, -0.1) is 0 Å². The first-order chi connectivity index (χ1) is 7.00. The molecular formula is C11H22N2O2. The highest BCUT2D eigenvalue weighted by Gasteiger charge is 2.23. The number of hydrogen-bond acceptors (Lipinski definition) is 3. The molecule has 2 unspecified atom stereocenters. The molecule has 1 fully saturated rings. The molecule has 0 saturated carbocycles. The van der Waals surface area contributed by atoms with Crippen molar-refractivity contribution in [2.75, 3.05) is 26.7 Å². The second-order valence-corrected chi connectivity index (χ2v) is 4.55. The van der Waals surface area contributed by atoms with E-state index in [-0.39, 0.29) is 12.0 Å². The maximum Gasteiger partial charge on any atom is 0.223 e. The lowest BCUT2D eigenvalue weighted by molar-refractivity contribution is -0.129. The normalized spacial score (nSPS) is 26.5. The number of hydrogen-bond donors (Lipinski definition) is 1. The Bertz CT molecular complexity index is 219. The maximum atomic E-state index is 11.5. The van der Waals surface area contributed by atoms with Gasteiger partial charge in [-0.05, 0) is 20.3 Å². The summed E-state index contributed by atoms with van der Waals surface area (Å²) < 4.78 is 0. The van der Waals surface area contributed by atoms with E-state index in [4.69, 9.17) is 0 Å². The van der Waals surface area contributed by atoms with Crippen LogP contribution in [-0.4, -0.2) is 59.6 Å². The first kappa shape index (κ1) is 12.5. The first-order valence-electron chi connectivity index (χ1n) is 5.66. The second kappa shape index (κ2) is 5.47. The van der Waals surface area contributed by atoms with E-state index in [1.165, 1.54) is 0 Å². The van der Waals surface area contributed by atoms with Crippen LogP contribution in [0.4, 0.5) is 0 Å². The minimum Gasteiger partial charge on any atom is -0.393 e. The first-order valence-corrected chi connectivity index (χ1v) is 5.66. The Kier molecular flexibility index (Phi) is 4.54. The van der Waals surface area contributed by atoms with Crippen LogP contribution in [0.15, 0.2) is 0 Å². The zero-order valence-electron chi connectivity index (χ0n) is 9.94. The summed E-state index contributed by atoms with van der Waals surface area (Å²) in [6.45, 7) is 6.42. The van der Waals surface area contributed by atoms with E-state index >= 15 is 0 Å². The molecule has 88 valence electrons. The Morgan fingerprint density at radius 3 is 2.87 bits per heavy atom. The van der Waals surface area contributed by atoms with Gasteiger partial charge in [-0.3, -0.25) is 9.69 Å². The van der Waals surface area contributed by atoms with Crippen molar-refractivity contribution in [3.05, 3.63) is 0 Å². The minimum atomic E-state index is -0.256. The largest absolute Gasteiger partial charge is 0.393 e. The topological polar surface area (TPSA) is 43.8 Å². The molecule has 1 saturated heterocycles. The fraction of sp³-hybridized carbons (Fsp3) is 0.909. The average Bonchev–Trinajstić information content (AvgIpc) is 2.26. The third-order valence-electron chi connectivity index (χ3n) is 3.03. The van der Waals surface area contributed by atoms with Crippen molar-refractivity contribution in [2.45, 2.75) is 38.8 Å². The van der Waals surface area contributed by atoms with Crippen molar-refractivity contribution < 1.29 is 9.90 Å². The van der Waals surface area contributed by atoms with Gasteiger partial charge in [0.2, 0.25) is 5.91 Å². The number of aliphatic hydroxyl groups is 1. The summed E-state index contributed by atoms with van der Waals surface area (Å²) in [5.41, 5.74) is 0. The van der Waals surface area contributed by atoms with Crippen LogP contribution in [0.1, 0.15) is 26.7 Å². The lowest BCUT2D eigenvalue weighted by Gasteiger charge is -2.27. The number of likely N-dealkylation sites (N-methyl/N-ethyl adjacent to an activating group) is 1. The van der Waals surface area contributed by atoms with Gasteiger partial charge >= 0.3 is 0 Å². The molecule has 0 aromatic carbocycles. The van der Waals surface area contributed by atoms with E-state index in [0.717, 1.165) is 26.1 Å². The van der Waals surface area contributed by atoms with Gasteiger partial charge in [0, 0.05) is 39.1 Å². The Morgan fingerprint density at radius 2 is 2.27 bits per heavy atom. The molecule has 0 bridgehead atoms. The summed E-state index contributed by atoms with van der Waals surface area (Å²) in [6.07, 6.45) is 1.12. The second-order valence-electron chi connectivity index (χ2n) is 4.55. The number of carbonyl (C=O) groups is 1. The molecule has 1 rings (SSSR count). The highest BCUT2D eigenvalue weighted by atomic mass is 16.3. The highest BCUT2D eigenvalue weighted by molar-refractivity contribution is 5.76. The van der Waals surface area contributed by atoms with Crippen LogP contribution in [0, 0.1) is 0 Å². The van der Waals surface area contributed by atoms with Gasteiger partial charge in [-0.2, -0.15) is 0 Å². The fourth-order valence-corrected chi connectivity index (χ4v) is 1.95. The number of amides is 1. The Balaban J connectivity index is 2.47. The summed E-state index contributed by atoms with van der Waals surface area (Å²) in [4.78, 5) is 15.6. The molecule has 4 nitrogen and oxygen atoms in total. The van der Waals surface area contributed by atoms with Gasteiger partial charge < -0.3 is 10.0 Å². The quantitative estimate of drug-likeness (QED) is 0.735. The lowest BCUT2D eigenvalue weighted by atomic mass is 10.2. The van der Waals surface area contributed by atoms with Crippen LogP contribution >= 0.6 is 0 Å². The van der Waals surface area contributed by atoms with Crippen molar-refractivity contribution >= 4 is 5.91 Å². The van der Waals surface area contributed by atoms with Crippen LogP contribution in [0.3, 0.4) is 0 Å². The van der Waals surface area contributed by atoms with Gasteiger partial charge in [-0.25, -0.2) is 0 Å². The van der Waals surface area contributed by atoms with Crippen molar-refractivity contribution in [2.24, 2.45) is 0 Å². The molecule has 2 atom stereocenters. The molecule has 0 aliphatic carbocycles. The lowest BCUT2D eigenvalue weighted by Crippen LogP contribution is -2.39. The smallest absolute Gasteiger partial charge is 0.223 e. The average molecular weight is 214 g/mol. The molecule has 1 aliphatic heterocycles. The van der Waals surface area contributed by atoms with Crippen LogP contribution in [0.25, 0.3) is 0 Å². The molecule has 0 aromatic rings. The van der Waals surface area contributed by atoms with Gasteiger partial charge in [0.25, 0.3) is 0 Å². The van der Waals surface area contributed by atoms with Gasteiger partial charge in [0.1, 0.15) is 0 Å². The summed E-state index contributed by atoms with van der Waals surface area (Å²) in [5.74, 6) is 0.224. The van der Waals surface area contributed by atoms with Crippen LogP contribution in [0.2, 0.25) is 0 Å². The maximum absolute atomic E-state index is 11.5. The van der Waals surface area contributed by atoms with Crippen molar-refractivity contribution in [1.29, 1.82) is 0 Å². The monoisotopic (exact) mass is 214 g/mol. The van der Waals surface area contributed by atoms with E-state index < -0.39 is 0 Å². The van der Waals surface area contributed by atoms with Crippen LogP contribution < -0.4 is 0 Å². The van der Waals surface area contributed by atoms with E-state index in [0.29, 0.717) is 12.5 Å². The van der Waals surface area contributed by atoms with E-state index in [2.05, 4.69) is 11.8 Å². The molecule has 1 amide bonds. The standard InChI is InChI=1S/C11H22N2O2/c1-9-8-12(3)11(15)5-7-13(9)6-4-10(2)14/h9-10,14H,4-8H2,1-3H3. The fourth-order valence-electron chi connectivity index (χ4n) is 1.95. The van der Waals surface area contributed by atoms with Gasteiger partial charge in [-0.1, -0.05) is 0 Å². The zero-order chi connectivity index (χ0) is 11.4. The van der Waals surface area contributed by atoms with Crippen molar-refractivity contribution in [1.82, 2.24) is 9.80 Å². The van der Waals surface area contributed by atoms with E-state index in [9.17, 15) is 9.90 Å². The summed E-state index contributed by atoms with van der Waals surface area (Å²) in [5, 5.41) is 9.24. The molecule has 0 aromatic heterocycles. The predicted octanol–water partition coefficient (Wildman–Crippen LogP) is 0.310. The molecule has 0 radical (unpaired) electrons. The van der Waals surface area contributed by atoms with E-state index in [1.807, 2.05) is 7.05 Å². The Hall–Kier alpha value is -0.610. The third kappa shape index (κ3) is 3.80. The number of aliphatic hydroxyl groups excluding tert-OH is 1. The Labute approximate surface area is 91.9 Å².